The molecule has 0 radical (unpaired) electrons. The highest BCUT2D eigenvalue weighted by Gasteiger charge is 2.19. The van der Waals surface area contributed by atoms with Crippen LogP contribution in [0.25, 0.3) is 0 Å². The summed E-state index contributed by atoms with van der Waals surface area (Å²) in [5.41, 5.74) is 1.15. The smallest absolute Gasteiger partial charge is 0.387 e. The molecule has 0 spiro atoms. The summed E-state index contributed by atoms with van der Waals surface area (Å²) in [5.74, 6) is -0.185. The van der Waals surface area contributed by atoms with Crippen LogP contribution < -0.4 is 15.4 Å². The van der Waals surface area contributed by atoms with E-state index in [0.717, 1.165) is 31.5 Å². The zero-order chi connectivity index (χ0) is 18.5. The standard InChI is InChI=1S/C18H22F2N4O2/c1-12(13-4-6-15(7-5-13)26-18(19)20)22-17(25)16-8-10-24(23-16)14-3-2-9-21-11-14/h4-8,10,12,14,18,21H,2-3,9,11H2,1H3,(H,22,25). The summed E-state index contributed by atoms with van der Waals surface area (Å²) >= 11 is 0. The molecule has 0 aliphatic carbocycles. The van der Waals surface area contributed by atoms with E-state index in [4.69, 9.17) is 0 Å². The van der Waals surface area contributed by atoms with Gasteiger partial charge in [0, 0.05) is 12.7 Å². The normalized spacial score (nSPS) is 18.5. The number of ether oxygens (including phenoxy) is 1. The Balaban J connectivity index is 1.59. The van der Waals surface area contributed by atoms with Gasteiger partial charge in [-0.3, -0.25) is 9.48 Å². The number of carbonyl (C=O) groups is 1. The van der Waals surface area contributed by atoms with Crippen molar-refractivity contribution < 1.29 is 18.3 Å². The van der Waals surface area contributed by atoms with Gasteiger partial charge in [-0.1, -0.05) is 12.1 Å². The minimum Gasteiger partial charge on any atom is -0.435 e. The topological polar surface area (TPSA) is 68.2 Å². The van der Waals surface area contributed by atoms with Crippen LogP contribution in [0.3, 0.4) is 0 Å². The Morgan fingerprint density at radius 3 is 2.77 bits per heavy atom. The number of alkyl halides is 2. The number of nitrogens with one attached hydrogen (secondary N) is 2. The van der Waals surface area contributed by atoms with E-state index in [9.17, 15) is 13.6 Å². The Morgan fingerprint density at radius 1 is 1.35 bits per heavy atom. The van der Waals surface area contributed by atoms with Crippen LogP contribution in [0.2, 0.25) is 0 Å². The molecular weight excluding hydrogens is 342 g/mol. The van der Waals surface area contributed by atoms with Gasteiger partial charge in [-0.25, -0.2) is 0 Å². The molecule has 2 heterocycles. The van der Waals surface area contributed by atoms with Crippen LogP contribution in [-0.4, -0.2) is 35.4 Å². The van der Waals surface area contributed by atoms with Crippen LogP contribution in [0.15, 0.2) is 36.5 Å². The molecule has 2 N–H and O–H groups in total. The third-order valence-corrected chi connectivity index (χ3v) is 4.44. The summed E-state index contributed by atoms with van der Waals surface area (Å²) in [4.78, 5) is 12.4. The maximum absolute atomic E-state index is 12.4. The van der Waals surface area contributed by atoms with Crippen molar-refractivity contribution in [1.29, 1.82) is 0 Å². The first-order chi connectivity index (χ1) is 12.5. The Bertz CT molecular complexity index is 727. The summed E-state index contributed by atoms with van der Waals surface area (Å²) in [6.45, 7) is 0.839. The molecule has 1 aromatic carbocycles. The molecule has 1 saturated heterocycles. The van der Waals surface area contributed by atoms with Crippen LogP contribution in [-0.2, 0) is 0 Å². The molecule has 2 unspecified atom stereocenters. The van der Waals surface area contributed by atoms with Gasteiger partial charge >= 0.3 is 6.61 Å². The van der Waals surface area contributed by atoms with Crippen molar-refractivity contribution in [1.82, 2.24) is 20.4 Å². The van der Waals surface area contributed by atoms with Gasteiger partial charge in [-0.15, -0.1) is 0 Å². The number of hydrogen-bond donors (Lipinski definition) is 2. The van der Waals surface area contributed by atoms with Crippen molar-refractivity contribution in [3.63, 3.8) is 0 Å². The van der Waals surface area contributed by atoms with Crippen molar-refractivity contribution in [2.75, 3.05) is 13.1 Å². The lowest BCUT2D eigenvalue weighted by atomic mass is 10.1. The van der Waals surface area contributed by atoms with Crippen molar-refractivity contribution in [2.45, 2.75) is 38.5 Å². The third-order valence-electron chi connectivity index (χ3n) is 4.44. The number of hydrogen-bond acceptors (Lipinski definition) is 4. The molecule has 1 fully saturated rings. The number of halogens is 2. The van der Waals surface area contributed by atoms with Crippen LogP contribution in [0, 0.1) is 0 Å². The molecule has 1 aliphatic rings. The number of carbonyl (C=O) groups excluding carboxylic acids is 1. The van der Waals surface area contributed by atoms with Gasteiger partial charge in [0.15, 0.2) is 0 Å². The molecule has 0 saturated carbocycles. The predicted molar refractivity (Wildman–Crippen MR) is 92.3 cm³/mol. The van der Waals surface area contributed by atoms with E-state index < -0.39 is 6.61 Å². The molecular formula is C18H22F2N4O2. The molecule has 2 atom stereocenters. The highest BCUT2D eigenvalue weighted by molar-refractivity contribution is 5.92. The predicted octanol–water partition coefficient (Wildman–Crippen LogP) is 2.90. The average molecular weight is 364 g/mol. The maximum atomic E-state index is 12.4. The molecule has 1 aromatic heterocycles. The van der Waals surface area contributed by atoms with E-state index in [1.54, 1.807) is 18.2 Å². The fourth-order valence-corrected chi connectivity index (χ4v) is 3.01. The second-order valence-corrected chi connectivity index (χ2v) is 6.32. The summed E-state index contributed by atoms with van der Waals surface area (Å²) < 4.78 is 30.5. The molecule has 1 amide bonds. The number of amides is 1. The van der Waals surface area contributed by atoms with Gasteiger partial charge in [0.25, 0.3) is 5.91 Å². The Labute approximate surface area is 150 Å². The van der Waals surface area contributed by atoms with Crippen molar-refractivity contribution >= 4 is 5.91 Å². The van der Waals surface area contributed by atoms with Gasteiger partial charge in [0.1, 0.15) is 11.4 Å². The van der Waals surface area contributed by atoms with E-state index in [1.165, 1.54) is 12.1 Å². The van der Waals surface area contributed by atoms with Gasteiger partial charge < -0.3 is 15.4 Å². The zero-order valence-electron chi connectivity index (χ0n) is 14.5. The van der Waals surface area contributed by atoms with Crippen LogP contribution in [0.4, 0.5) is 8.78 Å². The summed E-state index contributed by atoms with van der Waals surface area (Å²) in [6, 6.07) is 7.89. The van der Waals surface area contributed by atoms with E-state index in [-0.39, 0.29) is 23.7 Å². The first-order valence-electron chi connectivity index (χ1n) is 8.64. The monoisotopic (exact) mass is 364 g/mol. The van der Waals surface area contributed by atoms with Crippen molar-refractivity contribution in [2.24, 2.45) is 0 Å². The lowest BCUT2D eigenvalue weighted by molar-refractivity contribution is -0.0498. The number of benzene rings is 1. The first-order valence-corrected chi connectivity index (χ1v) is 8.64. The molecule has 8 heteroatoms. The molecule has 140 valence electrons. The van der Waals surface area contributed by atoms with Crippen molar-refractivity contribution in [3.8, 4) is 5.75 Å². The fourth-order valence-electron chi connectivity index (χ4n) is 3.01. The number of aromatic nitrogens is 2. The Hall–Kier alpha value is -2.48. The molecule has 1 aliphatic heterocycles. The van der Waals surface area contributed by atoms with Crippen molar-refractivity contribution in [3.05, 3.63) is 47.8 Å². The zero-order valence-corrected chi connectivity index (χ0v) is 14.5. The van der Waals surface area contributed by atoms with Gasteiger partial charge in [-0.2, -0.15) is 13.9 Å². The summed E-state index contributed by atoms with van der Waals surface area (Å²) in [7, 11) is 0. The Kier molecular flexibility index (Phi) is 5.82. The molecule has 6 nitrogen and oxygen atoms in total. The molecule has 2 aromatic rings. The lowest BCUT2D eigenvalue weighted by Crippen LogP contribution is -2.32. The SMILES string of the molecule is CC(NC(=O)c1ccn(C2CCCNC2)n1)c1ccc(OC(F)F)cc1. The third kappa shape index (κ3) is 4.57. The average Bonchev–Trinajstić information content (AvgIpc) is 3.13. The van der Waals surface area contributed by atoms with Crippen LogP contribution >= 0.6 is 0 Å². The minimum atomic E-state index is -2.85. The number of nitrogens with zero attached hydrogens (tertiary/aromatic N) is 2. The fraction of sp³-hybridized carbons (Fsp3) is 0.444. The van der Waals surface area contributed by atoms with Gasteiger partial charge in [0.05, 0.1) is 12.1 Å². The van der Waals surface area contributed by atoms with E-state index in [2.05, 4.69) is 20.5 Å². The quantitative estimate of drug-likeness (QED) is 0.827. The Morgan fingerprint density at radius 2 is 2.12 bits per heavy atom. The van der Waals surface area contributed by atoms with Gasteiger partial charge in [0.2, 0.25) is 0 Å². The lowest BCUT2D eigenvalue weighted by Gasteiger charge is -2.22. The molecule has 0 bridgehead atoms. The van der Waals surface area contributed by atoms with E-state index >= 15 is 0 Å². The second kappa shape index (κ2) is 8.27. The maximum Gasteiger partial charge on any atom is 0.387 e. The highest BCUT2D eigenvalue weighted by atomic mass is 19.3. The first kappa shape index (κ1) is 18.3. The minimum absolute atomic E-state index is 0.0853. The van der Waals surface area contributed by atoms with E-state index in [1.807, 2.05) is 17.8 Å². The molecule has 3 rings (SSSR count). The summed E-state index contributed by atoms with van der Waals surface area (Å²) in [5, 5.41) is 10.6. The van der Waals surface area contributed by atoms with Crippen LogP contribution in [0.1, 0.15) is 47.9 Å². The highest BCUT2D eigenvalue weighted by Crippen LogP contribution is 2.20. The van der Waals surface area contributed by atoms with Crippen LogP contribution in [0.5, 0.6) is 5.75 Å². The second-order valence-electron chi connectivity index (χ2n) is 6.32. The number of piperidine rings is 1. The number of rotatable bonds is 6. The summed E-state index contributed by atoms with van der Waals surface area (Å²) in [6.07, 6.45) is 3.96. The van der Waals surface area contributed by atoms with E-state index in [0.29, 0.717) is 5.69 Å². The largest absolute Gasteiger partial charge is 0.435 e. The van der Waals surface area contributed by atoms with Gasteiger partial charge in [-0.05, 0) is 50.1 Å². The molecule has 26 heavy (non-hydrogen) atoms.